The molecule has 1 rings (SSSR count). The summed E-state index contributed by atoms with van der Waals surface area (Å²) in [6, 6.07) is 5.63. The molecule has 122 valence electrons. The number of hydrogen-bond acceptors (Lipinski definition) is 4. The standard InChI is InChI=1S/C18H26O4/c1-5-7-12-21-16-10-8-15(13-17(16)20-6-2)9-11-18(19)22-14(3)4/h8-11,13-14H,5-7,12H2,1-4H3/b11-9+. The van der Waals surface area contributed by atoms with E-state index in [1.807, 2.05) is 39.0 Å². The molecule has 22 heavy (non-hydrogen) atoms. The predicted octanol–water partition coefficient (Wildman–Crippen LogP) is 4.23. The Kier molecular flexibility index (Phi) is 8.11. The number of esters is 1. The maximum absolute atomic E-state index is 11.5. The van der Waals surface area contributed by atoms with Crippen molar-refractivity contribution in [2.45, 2.75) is 46.6 Å². The molecule has 1 aromatic rings. The molecule has 0 bridgehead atoms. The Balaban J connectivity index is 2.78. The lowest BCUT2D eigenvalue weighted by Crippen LogP contribution is -2.08. The van der Waals surface area contributed by atoms with E-state index in [1.54, 1.807) is 6.08 Å². The van der Waals surface area contributed by atoms with E-state index in [9.17, 15) is 4.79 Å². The van der Waals surface area contributed by atoms with Crippen molar-refractivity contribution in [2.24, 2.45) is 0 Å². The molecule has 1 aromatic carbocycles. The molecule has 4 nitrogen and oxygen atoms in total. The van der Waals surface area contributed by atoms with Crippen LogP contribution in [0.5, 0.6) is 11.5 Å². The van der Waals surface area contributed by atoms with Crippen molar-refractivity contribution in [2.75, 3.05) is 13.2 Å². The van der Waals surface area contributed by atoms with E-state index in [0.29, 0.717) is 19.0 Å². The summed E-state index contributed by atoms with van der Waals surface area (Å²) >= 11 is 0. The number of benzene rings is 1. The van der Waals surface area contributed by atoms with Crippen molar-refractivity contribution in [3.8, 4) is 11.5 Å². The molecule has 0 heterocycles. The largest absolute Gasteiger partial charge is 0.490 e. The molecule has 0 amide bonds. The Hall–Kier alpha value is -1.97. The molecule has 0 aliphatic carbocycles. The normalized spacial score (nSPS) is 11.0. The summed E-state index contributed by atoms with van der Waals surface area (Å²) in [5, 5.41) is 0. The number of carbonyl (C=O) groups excluding carboxylic acids is 1. The van der Waals surface area contributed by atoms with E-state index in [1.165, 1.54) is 6.08 Å². The van der Waals surface area contributed by atoms with E-state index in [0.717, 1.165) is 24.2 Å². The Morgan fingerprint density at radius 2 is 1.95 bits per heavy atom. The quantitative estimate of drug-likeness (QED) is 0.389. The van der Waals surface area contributed by atoms with Gasteiger partial charge in [0.2, 0.25) is 0 Å². The lowest BCUT2D eigenvalue weighted by Gasteiger charge is -2.12. The Labute approximate surface area is 133 Å². The zero-order valence-electron chi connectivity index (χ0n) is 13.9. The van der Waals surface area contributed by atoms with Crippen LogP contribution in [-0.4, -0.2) is 25.3 Å². The van der Waals surface area contributed by atoms with Gasteiger partial charge in [-0.2, -0.15) is 0 Å². The molecular weight excluding hydrogens is 280 g/mol. The van der Waals surface area contributed by atoms with Gasteiger partial charge in [0.25, 0.3) is 0 Å². The third kappa shape index (κ3) is 6.66. The molecule has 0 spiro atoms. The number of ether oxygens (including phenoxy) is 3. The van der Waals surface area contributed by atoms with E-state index < -0.39 is 0 Å². The summed E-state index contributed by atoms with van der Waals surface area (Å²) in [6.07, 6.45) is 5.11. The van der Waals surface area contributed by atoms with Gasteiger partial charge in [-0.15, -0.1) is 0 Å². The molecule has 0 unspecified atom stereocenters. The van der Waals surface area contributed by atoms with Crippen molar-refractivity contribution in [3.63, 3.8) is 0 Å². The monoisotopic (exact) mass is 306 g/mol. The molecule has 0 aliphatic rings. The van der Waals surface area contributed by atoms with Crippen molar-refractivity contribution < 1.29 is 19.0 Å². The van der Waals surface area contributed by atoms with Gasteiger partial charge in [-0.3, -0.25) is 0 Å². The Bertz CT molecular complexity index is 492. The van der Waals surface area contributed by atoms with Crippen LogP contribution in [0.4, 0.5) is 0 Å². The number of rotatable bonds is 9. The zero-order chi connectivity index (χ0) is 16.4. The SMILES string of the molecule is CCCCOc1ccc(/C=C/C(=O)OC(C)C)cc1OCC. The summed E-state index contributed by atoms with van der Waals surface area (Å²) in [5.41, 5.74) is 0.868. The number of hydrogen-bond donors (Lipinski definition) is 0. The van der Waals surface area contributed by atoms with Gasteiger partial charge in [-0.05, 0) is 51.0 Å². The van der Waals surface area contributed by atoms with Crippen molar-refractivity contribution in [1.29, 1.82) is 0 Å². The topological polar surface area (TPSA) is 44.8 Å². The lowest BCUT2D eigenvalue weighted by atomic mass is 10.2. The van der Waals surface area contributed by atoms with Crippen LogP contribution in [0.3, 0.4) is 0 Å². The predicted molar refractivity (Wildman–Crippen MR) is 88.3 cm³/mol. The van der Waals surface area contributed by atoms with E-state index >= 15 is 0 Å². The maximum Gasteiger partial charge on any atom is 0.331 e. The molecule has 0 atom stereocenters. The highest BCUT2D eigenvalue weighted by molar-refractivity contribution is 5.87. The smallest absolute Gasteiger partial charge is 0.331 e. The van der Waals surface area contributed by atoms with E-state index in [-0.39, 0.29) is 12.1 Å². The van der Waals surface area contributed by atoms with Gasteiger partial charge in [0, 0.05) is 6.08 Å². The zero-order valence-corrected chi connectivity index (χ0v) is 13.9. The van der Waals surface area contributed by atoms with Gasteiger partial charge < -0.3 is 14.2 Å². The minimum Gasteiger partial charge on any atom is -0.490 e. The van der Waals surface area contributed by atoms with Gasteiger partial charge in [0.05, 0.1) is 19.3 Å². The fourth-order valence-corrected chi connectivity index (χ4v) is 1.78. The first-order chi connectivity index (χ1) is 10.6. The lowest BCUT2D eigenvalue weighted by molar-refractivity contribution is -0.141. The van der Waals surface area contributed by atoms with Crippen LogP contribution in [0, 0.1) is 0 Å². The highest BCUT2D eigenvalue weighted by atomic mass is 16.5. The molecule has 4 heteroatoms. The summed E-state index contributed by atoms with van der Waals surface area (Å²) < 4.78 is 16.4. The van der Waals surface area contributed by atoms with Crippen LogP contribution in [0.25, 0.3) is 6.08 Å². The summed E-state index contributed by atoms with van der Waals surface area (Å²) in [5.74, 6) is 1.08. The van der Waals surface area contributed by atoms with E-state index in [2.05, 4.69) is 6.92 Å². The number of carbonyl (C=O) groups is 1. The van der Waals surface area contributed by atoms with Crippen LogP contribution in [0.1, 0.15) is 46.1 Å². The van der Waals surface area contributed by atoms with Crippen molar-refractivity contribution >= 4 is 12.0 Å². The molecule has 0 aliphatic heterocycles. The van der Waals surface area contributed by atoms with Gasteiger partial charge in [-0.25, -0.2) is 4.79 Å². The molecule has 0 N–H and O–H groups in total. The molecule has 0 saturated carbocycles. The minimum absolute atomic E-state index is 0.120. The van der Waals surface area contributed by atoms with Crippen LogP contribution in [0.2, 0.25) is 0 Å². The maximum atomic E-state index is 11.5. The average molecular weight is 306 g/mol. The number of unbranched alkanes of at least 4 members (excludes halogenated alkanes) is 1. The fourth-order valence-electron chi connectivity index (χ4n) is 1.78. The summed E-state index contributed by atoms with van der Waals surface area (Å²) in [6.45, 7) is 8.93. The van der Waals surface area contributed by atoms with Crippen molar-refractivity contribution in [3.05, 3.63) is 29.8 Å². The molecular formula is C18H26O4. The molecule has 0 aromatic heterocycles. The van der Waals surface area contributed by atoms with Gasteiger partial charge >= 0.3 is 5.97 Å². The first-order valence-corrected chi connectivity index (χ1v) is 7.85. The molecule has 0 radical (unpaired) electrons. The Morgan fingerprint density at radius 3 is 2.59 bits per heavy atom. The Morgan fingerprint density at radius 1 is 1.18 bits per heavy atom. The second-order valence-electron chi connectivity index (χ2n) is 5.16. The highest BCUT2D eigenvalue weighted by Crippen LogP contribution is 2.29. The first kappa shape index (κ1) is 18.1. The van der Waals surface area contributed by atoms with Crippen LogP contribution in [0.15, 0.2) is 24.3 Å². The fraction of sp³-hybridized carbons (Fsp3) is 0.500. The van der Waals surface area contributed by atoms with Crippen LogP contribution >= 0.6 is 0 Å². The van der Waals surface area contributed by atoms with Gasteiger partial charge in [0.1, 0.15) is 0 Å². The first-order valence-electron chi connectivity index (χ1n) is 7.85. The molecule has 0 fully saturated rings. The second kappa shape index (κ2) is 9.87. The van der Waals surface area contributed by atoms with Crippen LogP contribution in [-0.2, 0) is 9.53 Å². The third-order valence-electron chi connectivity index (χ3n) is 2.79. The van der Waals surface area contributed by atoms with Crippen LogP contribution < -0.4 is 9.47 Å². The second-order valence-corrected chi connectivity index (χ2v) is 5.16. The molecule has 0 saturated heterocycles. The average Bonchev–Trinajstić information content (AvgIpc) is 2.47. The third-order valence-corrected chi connectivity index (χ3v) is 2.79. The summed E-state index contributed by atoms with van der Waals surface area (Å²) in [7, 11) is 0. The highest BCUT2D eigenvalue weighted by Gasteiger charge is 2.06. The summed E-state index contributed by atoms with van der Waals surface area (Å²) in [4.78, 5) is 11.5. The van der Waals surface area contributed by atoms with Crippen molar-refractivity contribution in [1.82, 2.24) is 0 Å². The van der Waals surface area contributed by atoms with Gasteiger partial charge in [0.15, 0.2) is 11.5 Å². The van der Waals surface area contributed by atoms with E-state index in [4.69, 9.17) is 14.2 Å². The minimum atomic E-state index is -0.351. The van der Waals surface area contributed by atoms with Gasteiger partial charge in [-0.1, -0.05) is 19.4 Å².